The minimum Gasteiger partial charge on any atom is -0.369 e. The number of rotatable bonds is 1. The van der Waals surface area contributed by atoms with E-state index in [4.69, 9.17) is 5.73 Å². The van der Waals surface area contributed by atoms with Crippen LogP contribution in [0.2, 0.25) is 0 Å². The monoisotopic (exact) mass is 281 g/mol. The molecular formula is C17H19N3O. The van der Waals surface area contributed by atoms with E-state index in [0.29, 0.717) is 12.6 Å². The van der Waals surface area contributed by atoms with E-state index in [1.807, 2.05) is 0 Å². The SMILES string of the molecule is Cc1[nH]c2cccc3c2c1C[C@@H]1C3=C[C@@H](C(N)=O)CN1C. The number of amides is 1. The molecule has 4 heteroatoms. The fourth-order valence-corrected chi connectivity index (χ4v) is 3.90. The van der Waals surface area contributed by atoms with E-state index in [-0.39, 0.29) is 11.8 Å². The number of aromatic nitrogens is 1. The van der Waals surface area contributed by atoms with Gasteiger partial charge < -0.3 is 10.7 Å². The highest BCUT2D eigenvalue weighted by atomic mass is 16.1. The highest BCUT2D eigenvalue weighted by Crippen LogP contribution is 2.41. The van der Waals surface area contributed by atoms with Crippen LogP contribution in [0.4, 0.5) is 0 Å². The Kier molecular flexibility index (Phi) is 2.54. The van der Waals surface area contributed by atoms with Gasteiger partial charge in [0, 0.05) is 29.2 Å². The van der Waals surface area contributed by atoms with Gasteiger partial charge in [0.2, 0.25) is 5.91 Å². The molecule has 0 spiro atoms. The van der Waals surface area contributed by atoms with E-state index in [2.05, 4.69) is 48.1 Å². The molecule has 0 saturated heterocycles. The largest absolute Gasteiger partial charge is 0.369 e. The number of fused-ring (bicyclic) bond motifs is 2. The van der Waals surface area contributed by atoms with Crippen molar-refractivity contribution in [3.63, 3.8) is 0 Å². The zero-order valence-electron chi connectivity index (χ0n) is 12.3. The smallest absolute Gasteiger partial charge is 0.225 e. The Hall–Kier alpha value is -2.07. The predicted octanol–water partition coefficient (Wildman–Crippen LogP) is 1.83. The van der Waals surface area contributed by atoms with Crippen LogP contribution in [0.15, 0.2) is 24.3 Å². The van der Waals surface area contributed by atoms with Crippen LogP contribution in [-0.2, 0) is 11.2 Å². The van der Waals surface area contributed by atoms with E-state index >= 15 is 0 Å². The first-order chi connectivity index (χ1) is 10.1. The van der Waals surface area contributed by atoms with Crippen LogP contribution in [0.3, 0.4) is 0 Å². The fraction of sp³-hybridized carbons (Fsp3) is 0.353. The maximum absolute atomic E-state index is 11.6. The van der Waals surface area contributed by atoms with Gasteiger partial charge in [0.05, 0.1) is 5.92 Å². The van der Waals surface area contributed by atoms with Gasteiger partial charge in [0.1, 0.15) is 0 Å². The summed E-state index contributed by atoms with van der Waals surface area (Å²) in [4.78, 5) is 17.4. The number of nitrogens with zero attached hydrogens (tertiary/aromatic N) is 1. The summed E-state index contributed by atoms with van der Waals surface area (Å²) < 4.78 is 0. The summed E-state index contributed by atoms with van der Waals surface area (Å²) in [6.45, 7) is 2.85. The van der Waals surface area contributed by atoms with Gasteiger partial charge in [-0.05, 0) is 43.2 Å². The summed E-state index contributed by atoms with van der Waals surface area (Å²) in [5.41, 5.74) is 11.9. The van der Waals surface area contributed by atoms with Crippen molar-refractivity contribution in [3.8, 4) is 0 Å². The van der Waals surface area contributed by atoms with Crippen molar-refractivity contribution >= 4 is 22.4 Å². The quantitative estimate of drug-likeness (QED) is 0.837. The van der Waals surface area contributed by atoms with Crippen LogP contribution in [0.25, 0.3) is 16.5 Å². The second-order valence-corrected chi connectivity index (χ2v) is 6.25. The number of carbonyl (C=O) groups excluding carboxylic acids is 1. The fourth-order valence-electron chi connectivity index (χ4n) is 3.90. The molecule has 1 aliphatic carbocycles. The molecule has 1 amide bonds. The predicted molar refractivity (Wildman–Crippen MR) is 83.8 cm³/mol. The molecule has 4 nitrogen and oxygen atoms in total. The number of likely N-dealkylation sites (N-methyl/N-ethyl adjacent to an activating group) is 1. The Balaban J connectivity index is 1.99. The van der Waals surface area contributed by atoms with Gasteiger partial charge in [0.15, 0.2) is 0 Å². The highest BCUT2D eigenvalue weighted by molar-refractivity contribution is 6.00. The molecule has 0 bridgehead atoms. The second-order valence-electron chi connectivity index (χ2n) is 6.25. The molecule has 1 aromatic heterocycles. The molecule has 0 saturated carbocycles. The lowest BCUT2D eigenvalue weighted by Crippen LogP contribution is -2.45. The summed E-state index contributed by atoms with van der Waals surface area (Å²) in [7, 11) is 2.08. The normalized spacial score (nSPS) is 24.8. The number of nitrogens with two attached hydrogens (primary N) is 1. The summed E-state index contributed by atoms with van der Waals surface area (Å²) in [5, 5.41) is 1.32. The average molecular weight is 281 g/mol. The summed E-state index contributed by atoms with van der Waals surface area (Å²) >= 11 is 0. The molecule has 4 rings (SSSR count). The number of H-pyrrole nitrogens is 1. The molecule has 108 valence electrons. The van der Waals surface area contributed by atoms with E-state index in [1.54, 1.807) is 0 Å². The van der Waals surface area contributed by atoms with Gasteiger partial charge in [-0.2, -0.15) is 0 Å². The van der Waals surface area contributed by atoms with Gasteiger partial charge in [-0.25, -0.2) is 0 Å². The third kappa shape index (κ3) is 1.69. The van der Waals surface area contributed by atoms with Gasteiger partial charge in [-0.15, -0.1) is 0 Å². The van der Waals surface area contributed by atoms with Crippen molar-refractivity contribution in [1.29, 1.82) is 0 Å². The van der Waals surface area contributed by atoms with Crippen LogP contribution >= 0.6 is 0 Å². The molecule has 0 fully saturated rings. The highest BCUT2D eigenvalue weighted by Gasteiger charge is 2.35. The van der Waals surface area contributed by atoms with Crippen molar-refractivity contribution in [2.45, 2.75) is 19.4 Å². The molecule has 0 unspecified atom stereocenters. The number of nitrogens with one attached hydrogen (secondary N) is 1. The van der Waals surface area contributed by atoms with E-state index in [1.165, 1.54) is 33.3 Å². The lowest BCUT2D eigenvalue weighted by molar-refractivity contribution is -0.121. The maximum atomic E-state index is 11.6. The molecule has 2 aromatic rings. The summed E-state index contributed by atoms with van der Waals surface area (Å²) in [5.74, 6) is -0.436. The Morgan fingerprint density at radius 2 is 2.24 bits per heavy atom. The number of aromatic amines is 1. The number of aryl methyl sites for hydroxylation is 1. The molecule has 0 radical (unpaired) electrons. The summed E-state index contributed by atoms with van der Waals surface area (Å²) in [6, 6.07) is 6.70. The van der Waals surface area contributed by atoms with Gasteiger partial charge in [-0.3, -0.25) is 9.69 Å². The third-order valence-electron chi connectivity index (χ3n) is 4.97. The number of benzene rings is 1. The molecule has 3 N–H and O–H groups in total. The van der Waals surface area contributed by atoms with E-state index < -0.39 is 0 Å². The minimum atomic E-state index is -0.240. The van der Waals surface area contributed by atoms with E-state index in [9.17, 15) is 4.79 Å². The number of hydrogen-bond donors (Lipinski definition) is 2. The first-order valence-corrected chi connectivity index (χ1v) is 7.38. The van der Waals surface area contributed by atoms with Crippen molar-refractivity contribution < 1.29 is 4.79 Å². The first-order valence-electron chi connectivity index (χ1n) is 7.38. The number of carbonyl (C=O) groups is 1. The molecule has 1 aliphatic heterocycles. The lowest BCUT2D eigenvalue weighted by atomic mass is 9.79. The van der Waals surface area contributed by atoms with E-state index in [0.717, 1.165) is 6.42 Å². The number of hydrogen-bond acceptors (Lipinski definition) is 2. The topological polar surface area (TPSA) is 62.1 Å². The minimum absolute atomic E-state index is 0.196. The van der Waals surface area contributed by atoms with Crippen LogP contribution in [0.5, 0.6) is 0 Å². The Labute approximate surface area is 123 Å². The third-order valence-corrected chi connectivity index (χ3v) is 4.97. The van der Waals surface area contributed by atoms with Crippen LogP contribution < -0.4 is 5.73 Å². The van der Waals surface area contributed by atoms with Gasteiger partial charge in [-0.1, -0.05) is 18.2 Å². The lowest BCUT2D eigenvalue weighted by Gasteiger charge is -2.39. The molecule has 2 atom stereocenters. The maximum Gasteiger partial charge on any atom is 0.225 e. The molecule has 21 heavy (non-hydrogen) atoms. The van der Waals surface area contributed by atoms with Crippen molar-refractivity contribution in [2.75, 3.05) is 13.6 Å². The molecule has 2 heterocycles. The molecule has 2 aliphatic rings. The molecular weight excluding hydrogens is 262 g/mol. The standard InChI is InChI=1S/C17H19N3O/c1-9-12-7-15-13(6-10(17(18)21)8-20(15)2)11-4-3-5-14(19-9)16(11)12/h3-6,10,15,19H,7-8H2,1-2H3,(H2,18,21)/t10-,15-/m1/s1. The van der Waals surface area contributed by atoms with Crippen LogP contribution in [-0.4, -0.2) is 35.4 Å². The molecule has 1 aromatic carbocycles. The van der Waals surface area contributed by atoms with Gasteiger partial charge in [0.25, 0.3) is 0 Å². The zero-order chi connectivity index (χ0) is 14.7. The second kappa shape index (κ2) is 4.21. The zero-order valence-corrected chi connectivity index (χ0v) is 12.3. The first kappa shape index (κ1) is 12.7. The van der Waals surface area contributed by atoms with Crippen LogP contribution in [0.1, 0.15) is 16.8 Å². The van der Waals surface area contributed by atoms with Crippen molar-refractivity contribution in [2.24, 2.45) is 11.7 Å². The summed E-state index contributed by atoms with van der Waals surface area (Å²) in [6.07, 6.45) is 3.09. The van der Waals surface area contributed by atoms with Crippen LogP contribution in [0, 0.1) is 12.8 Å². The van der Waals surface area contributed by atoms with Crippen molar-refractivity contribution in [1.82, 2.24) is 9.88 Å². The average Bonchev–Trinajstić information content (AvgIpc) is 2.77. The Morgan fingerprint density at radius 3 is 3.00 bits per heavy atom. The number of primary amides is 1. The Morgan fingerprint density at radius 1 is 1.43 bits per heavy atom. The van der Waals surface area contributed by atoms with Crippen molar-refractivity contribution in [3.05, 3.63) is 41.1 Å². The Bertz CT molecular complexity index is 787. The van der Waals surface area contributed by atoms with Gasteiger partial charge >= 0.3 is 0 Å².